The topological polar surface area (TPSA) is 59.4 Å². The molecule has 1 aliphatic heterocycles. The predicted molar refractivity (Wildman–Crippen MR) is 142 cm³/mol. The molecule has 1 unspecified atom stereocenters. The molecule has 0 amide bonds. The summed E-state index contributed by atoms with van der Waals surface area (Å²) in [6, 6.07) is 19.1. The quantitative estimate of drug-likeness (QED) is 0.550. The van der Waals surface area contributed by atoms with E-state index in [0.717, 1.165) is 51.1 Å². The highest BCUT2D eigenvalue weighted by atomic mass is 16.5. The van der Waals surface area contributed by atoms with Gasteiger partial charge in [-0.1, -0.05) is 48.9 Å². The van der Waals surface area contributed by atoms with E-state index in [0.29, 0.717) is 12.5 Å². The standard InChI is InChI=1S/C30H43N3O3/c1-31(19-20-34)30(26-9-4-3-5-10-26)17-15-29(16-18-30)23-32(21-25-11-13-27(36-2)14-12-25)28(35)33(29)22-24-7-6-8-24/h3-5,9-14,24,28,34-35H,6-8,15-23H2,1-2H3/t28?,29-,30+. The molecule has 5 rings (SSSR count). The van der Waals surface area contributed by atoms with Crippen LogP contribution >= 0.6 is 0 Å². The number of ether oxygens (including phenoxy) is 1. The van der Waals surface area contributed by atoms with E-state index >= 15 is 0 Å². The van der Waals surface area contributed by atoms with E-state index in [1.54, 1.807) is 7.11 Å². The molecule has 1 saturated heterocycles. The highest BCUT2D eigenvalue weighted by Crippen LogP contribution is 2.50. The third kappa shape index (κ3) is 4.82. The second kappa shape index (κ2) is 10.8. The van der Waals surface area contributed by atoms with Gasteiger partial charge in [0.25, 0.3) is 0 Å². The average molecular weight is 494 g/mol. The van der Waals surface area contributed by atoms with Gasteiger partial charge >= 0.3 is 0 Å². The van der Waals surface area contributed by atoms with Crippen molar-refractivity contribution >= 4 is 0 Å². The Hall–Kier alpha value is -1.96. The van der Waals surface area contributed by atoms with Gasteiger partial charge in [0.2, 0.25) is 0 Å². The number of likely N-dealkylation sites (N-methyl/N-ethyl adjacent to an activating group) is 1. The van der Waals surface area contributed by atoms with E-state index in [4.69, 9.17) is 4.74 Å². The molecular formula is C30H43N3O3. The SMILES string of the molecule is COc1ccc(CN2C[C@]3(CC[C@](c4ccccc4)(N(C)CCO)CC3)N(CC3CCC3)C2O)cc1. The van der Waals surface area contributed by atoms with E-state index < -0.39 is 6.35 Å². The Kier molecular flexibility index (Phi) is 7.70. The monoisotopic (exact) mass is 493 g/mol. The van der Waals surface area contributed by atoms with Gasteiger partial charge in [0, 0.05) is 37.3 Å². The van der Waals surface area contributed by atoms with E-state index in [1.807, 2.05) is 12.1 Å². The number of benzene rings is 2. The first-order valence-electron chi connectivity index (χ1n) is 13.7. The first-order chi connectivity index (χ1) is 17.5. The summed E-state index contributed by atoms with van der Waals surface area (Å²) in [5.74, 6) is 1.57. The molecule has 3 aliphatic rings. The number of rotatable bonds is 9. The molecule has 196 valence electrons. The van der Waals surface area contributed by atoms with Crippen molar-refractivity contribution in [3.8, 4) is 5.75 Å². The second-order valence-electron chi connectivity index (χ2n) is 11.3. The fourth-order valence-corrected chi connectivity index (χ4v) is 6.91. The summed E-state index contributed by atoms with van der Waals surface area (Å²) in [5, 5.41) is 21.4. The van der Waals surface area contributed by atoms with Crippen molar-refractivity contribution in [3.63, 3.8) is 0 Å². The van der Waals surface area contributed by atoms with Crippen molar-refractivity contribution in [2.75, 3.05) is 40.4 Å². The van der Waals surface area contributed by atoms with E-state index in [9.17, 15) is 10.2 Å². The second-order valence-corrected chi connectivity index (χ2v) is 11.3. The zero-order chi connectivity index (χ0) is 25.2. The molecule has 2 saturated carbocycles. The zero-order valence-electron chi connectivity index (χ0n) is 22.0. The molecule has 0 radical (unpaired) electrons. The summed E-state index contributed by atoms with van der Waals surface area (Å²) in [6.45, 7) is 3.45. The maximum Gasteiger partial charge on any atom is 0.166 e. The van der Waals surface area contributed by atoms with Gasteiger partial charge in [0.05, 0.1) is 13.7 Å². The molecule has 2 aliphatic carbocycles. The first-order valence-corrected chi connectivity index (χ1v) is 13.7. The zero-order valence-corrected chi connectivity index (χ0v) is 22.0. The molecule has 36 heavy (non-hydrogen) atoms. The van der Waals surface area contributed by atoms with Crippen LogP contribution < -0.4 is 4.74 Å². The molecule has 6 heteroatoms. The summed E-state index contributed by atoms with van der Waals surface area (Å²) in [5.41, 5.74) is 2.45. The van der Waals surface area contributed by atoms with Crippen molar-refractivity contribution < 1.29 is 14.9 Å². The van der Waals surface area contributed by atoms with Gasteiger partial charge in [-0.15, -0.1) is 0 Å². The Morgan fingerprint density at radius 2 is 1.69 bits per heavy atom. The number of hydrogen-bond acceptors (Lipinski definition) is 6. The van der Waals surface area contributed by atoms with Gasteiger partial charge in [0.1, 0.15) is 5.75 Å². The van der Waals surface area contributed by atoms with Crippen LogP contribution in [0, 0.1) is 5.92 Å². The normalized spacial score (nSPS) is 29.6. The lowest BCUT2D eigenvalue weighted by Gasteiger charge is -2.53. The first kappa shape index (κ1) is 25.7. The van der Waals surface area contributed by atoms with Crippen molar-refractivity contribution in [2.24, 2.45) is 5.92 Å². The third-order valence-electron chi connectivity index (χ3n) is 9.42. The van der Waals surface area contributed by atoms with Gasteiger partial charge in [-0.3, -0.25) is 14.7 Å². The maximum absolute atomic E-state index is 11.6. The van der Waals surface area contributed by atoms with Crippen LogP contribution in [0.25, 0.3) is 0 Å². The van der Waals surface area contributed by atoms with Gasteiger partial charge in [-0.05, 0) is 74.8 Å². The minimum atomic E-state index is -0.549. The van der Waals surface area contributed by atoms with Gasteiger partial charge in [-0.25, -0.2) is 0 Å². The van der Waals surface area contributed by atoms with Crippen LogP contribution in [0.4, 0.5) is 0 Å². The van der Waals surface area contributed by atoms with Crippen LogP contribution in [-0.4, -0.2) is 77.2 Å². The number of nitrogens with zero attached hydrogens (tertiary/aromatic N) is 3. The number of methoxy groups -OCH3 is 1. The maximum atomic E-state index is 11.6. The summed E-state index contributed by atoms with van der Waals surface area (Å²) < 4.78 is 5.33. The molecule has 0 bridgehead atoms. The lowest BCUT2D eigenvalue weighted by Crippen LogP contribution is -2.58. The molecule has 1 heterocycles. The molecule has 2 aromatic rings. The van der Waals surface area contributed by atoms with Crippen LogP contribution in [0.15, 0.2) is 54.6 Å². The van der Waals surface area contributed by atoms with Crippen LogP contribution in [0.2, 0.25) is 0 Å². The van der Waals surface area contributed by atoms with E-state index in [2.05, 4.69) is 64.2 Å². The van der Waals surface area contributed by atoms with Gasteiger partial charge in [0.15, 0.2) is 6.35 Å². The Balaban J connectivity index is 1.39. The molecular weight excluding hydrogens is 450 g/mol. The summed E-state index contributed by atoms with van der Waals surface area (Å²) in [4.78, 5) is 7.10. The number of aliphatic hydroxyl groups is 2. The fourth-order valence-electron chi connectivity index (χ4n) is 6.91. The van der Waals surface area contributed by atoms with Crippen molar-refractivity contribution in [1.29, 1.82) is 0 Å². The Bertz CT molecular complexity index is 971. The lowest BCUT2D eigenvalue weighted by molar-refractivity contribution is -0.105. The van der Waals surface area contributed by atoms with Crippen molar-refractivity contribution in [2.45, 2.75) is 68.9 Å². The average Bonchev–Trinajstić information content (AvgIpc) is 3.13. The Morgan fingerprint density at radius 3 is 2.28 bits per heavy atom. The van der Waals surface area contributed by atoms with Crippen LogP contribution in [0.5, 0.6) is 5.75 Å². The third-order valence-corrected chi connectivity index (χ3v) is 9.42. The fraction of sp³-hybridized carbons (Fsp3) is 0.600. The molecule has 2 N–H and O–H groups in total. The minimum absolute atomic E-state index is 0.0141. The molecule has 3 fully saturated rings. The molecule has 6 nitrogen and oxygen atoms in total. The van der Waals surface area contributed by atoms with Crippen LogP contribution in [0.3, 0.4) is 0 Å². The number of hydrogen-bond donors (Lipinski definition) is 2. The largest absolute Gasteiger partial charge is 0.497 e. The van der Waals surface area contributed by atoms with Crippen LogP contribution in [-0.2, 0) is 12.1 Å². The summed E-state index contributed by atoms with van der Waals surface area (Å²) >= 11 is 0. The highest BCUT2D eigenvalue weighted by Gasteiger charge is 2.55. The van der Waals surface area contributed by atoms with Crippen molar-refractivity contribution in [3.05, 3.63) is 65.7 Å². The molecule has 0 aromatic heterocycles. The minimum Gasteiger partial charge on any atom is -0.497 e. The predicted octanol–water partition coefficient (Wildman–Crippen LogP) is 4.02. The smallest absolute Gasteiger partial charge is 0.166 e. The van der Waals surface area contributed by atoms with E-state index in [1.165, 1.54) is 30.4 Å². The van der Waals surface area contributed by atoms with Gasteiger partial charge in [-0.2, -0.15) is 0 Å². The summed E-state index contributed by atoms with van der Waals surface area (Å²) in [7, 11) is 3.85. The highest BCUT2D eigenvalue weighted by molar-refractivity contribution is 5.28. The Morgan fingerprint density at radius 1 is 1.00 bits per heavy atom. The lowest BCUT2D eigenvalue weighted by atomic mass is 9.67. The van der Waals surface area contributed by atoms with Crippen LogP contribution in [0.1, 0.15) is 56.1 Å². The Labute approximate surface area is 216 Å². The molecule has 1 atom stereocenters. The van der Waals surface area contributed by atoms with E-state index in [-0.39, 0.29) is 17.7 Å². The molecule has 2 aromatic carbocycles. The summed E-state index contributed by atoms with van der Waals surface area (Å²) in [6.07, 6.45) is 7.47. The number of aliphatic hydroxyl groups excluding tert-OH is 2. The van der Waals surface area contributed by atoms with Gasteiger partial charge < -0.3 is 14.9 Å². The molecule has 1 spiro atoms. The van der Waals surface area contributed by atoms with Crippen molar-refractivity contribution in [1.82, 2.24) is 14.7 Å².